The molecule has 0 amide bonds. The number of rotatable bonds is 6. The van der Waals surface area contributed by atoms with Gasteiger partial charge in [-0.1, -0.05) is 40.3 Å². The van der Waals surface area contributed by atoms with Gasteiger partial charge in [0.25, 0.3) is 0 Å². The first-order valence-electron chi connectivity index (χ1n) is 8.69. The van der Waals surface area contributed by atoms with Crippen LogP contribution in [0.1, 0.15) is 30.0 Å². The second-order valence-electron chi connectivity index (χ2n) is 6.41. The van der Waals surface area contributed by atoms with Crippen LogP contribution in [0.5, 0.6) is 5.75 Å². The second kappa shape index (κ2) is 8.79. The number of quaternary nitrogens is 1. The van der Waals surface area contributed by atoms with Crippen LogP contribution in [-0.2, 0) is 0 Å². The van der Waals surface area contributed by atoms with Gasteiger partial charge in [-0.15, -0.1) is 0 Å². The standard InChI is InChI=1S/C20H23BrN2OS/c1-24-18-9-7-15(8-10-18)19(23-11-2-3-12-23)14-22-20(25)16-5-4-6-17(21)13-16/h4-10,13,19H,2-3,11-12,14H2,1H3,(H,22,25)/p+1/t19-/m1/s1. The molecule has 3 rings (SSSR count). The molecule has 25 heavy (non-hydrogen) atoms. The molecule has 1 aliphatic rings. The van der Waals surface area contributed by atoms with E-state index in [-0.39, 0.29) is 0 Å². The van der Waals surface area contributed by atoms with Gasteiger partial charge in [0.05, 0.1) is 26.7 Å². The van der Waals surface area contributed by atoms with Crippen molar-refractivity contribution in [1.29, 1.82) is 0 Å². The molecule has 0 aromatic heterocycles. The predicted octanol–water partition coefficient (Wildman–Crippen LogP) is 3.14. The van der Waals surface area contributed by atoms with Crippen LogP contribution in [0.15, 0.2) is 53.0 Å². The van der Waals surface area contributed by atoms with Crippen LogP contribution in [-0.4, -0.2) is 31.7 Å². The molecule has 0 bridgehead atoms. The van der Waals surface area contributed by atoms with Gasteiger partial charge in [-0.3, -0.25) is 0 Å². The van der Waals surface area contributed by atoms with Gasteiger partial charge in [-0.25, -0.2) is 0 Å². The molecular formula is C20H24BrN2OS+. The summed E-state index contributed by atoms with van der Waals surface area (Å²) in [7, 11) is 1.70. The lowest BCUT2D eigenvalue weighted by molar-refractivity contribution is -0.918. The Labute approximate surface area is 163 Å². The topological polar surface area (TPSA) is 25.7 Å². The van der Waals surface area contributed by atoms with Crippen molar-refractivity contribution in [3.63, 3.8) is 0 Å². The maximum absolute atomic E-state index is 5.60. The number of methoxy groups -OCH3 is 1. The summed E-state index contributed by atoms with van der Waals surface area (Å²) in [5.41, 5.74) is 2.39. The van der Waals surface area contributed by atoms with Crippen molar-refractivity contribution in [2.75, 3.05) is 26.7 Å². The van der Waals surface area contributed by atoms with E-state index in [1.807, 2.05) is 30.3 Å². The van der Waals surface area contributed by atoms with Crippen molar-refractivity contribution in [2.45, 2.75) is 18.9 Å². The second-order valence-corrected chi connectivity index (χ2v) is 7.74. The van der Waals surface area contributed by atoms with E-state index in [0.717, 1.165) is 27.3 Å². The summed E-state index contributed by atoms with van der Waals surface area (Å²) in [4.78, 5) is 2.44. The molecule has 2 N–H and O–H groups in total. The maximum Gasteiger partial charge on any atom is 0.131 e. The van der Waals surface area contributed by atoms with Crippen LogP contribution in [0.3, 0.4) is 0 Å². The largest absolute Gasteiger partial charge is 0.497 e. The van der Waals surface area contributed by atoms with Crippen molar-refractivity contribution in [3.8, 4) is 5.75 Å². The zero-order valence-electron chi connectivity index (χ0n) is 14.4. The molecule has 3 nitrogen and oxygen atoms in total. The number of thiocarbonyl (C=S) groups is 1. The van der Waals surface area contributed by atoms with E-state index in [0.29, 0.717) is 6.04 Å². The van der Waals surface area contributed by atoms with Crippen molar-refractivity contribution < 1.29 is 9.64 Å². The van der Waals surface area contributed by atoms with E-state index in [2.05, 4.69) is 39.4 Å². The highest BCUT2D eigenvalue weighted by Crippen LogP contribution is 2.17. The summed E-state index contributed by atoms with van der Waals surface area (Å²) < 4.78 is 6.34. The molecule has 2 aromatic carbocycles. The zero-order valence-corrected chi connectivity index (χ0v) is 16.8. The minimum Gasteiger partial charge on any atom is -0.497 e. The van der Waals surface area contributed by atoms with Crippen LogP contribution < -0.4 is 15.0 Å². The molecule has 132 valence electrons. The fourth-order valence-electron chi connectivity index (χ4n) is 3.44. The molecule has 2 aromatic rings. The fourth-order valence-corrected chi connectivity index (χ4v) is 4.05. The van der Waals surface area contributed by atoms with Gasteiger partial charge < -0.3 is 15.0 Å². The highest BCUT2D eigenvalue weighted by molar-refractivity contribution is 9.10. The van der Waals surface area contributed by atoms with Gasteiger partial charge in [0, 0.05) is 28.4 Å². The van der Waals surface area contributed by atoms with Gasteiger partial charge in [0.15, 0.2) is 0 Å². The van der Waals surface area contributed by atoms with Crippen LogP contribution >= 0.6 is 28.1 Å². The highest BCUT2D eigenvalue weighted by atomic mass is 79.9. The summed E-state index contributed by atoms with van der Waals surface area (Å²) >= 11 is 9.11. The summed E-state index contributed by atoms with van der Waals surface area (Å²) in [6, 6.07) is 17.0. The molecule has 1 saturated heterocycles. The number of likely N-dealkylation sites (tertiary alicyclic amines) is 1. The molecule has 1 aliphatic heterocycles. The van der Waals surface area contributed by atoms with Gasteiger partial charge in [-0.05, 0) is 36.4 Å². The lowest BCUT2D eigenvalue weighted by Gasteiger charge is -2.26. The number of benzene rings is 2. The van der Waals surface area contributed by atoms with Gasteiger partial charge >= 0.3 is 0 Å². The lowest BCUT2D eigenvalue weighted by Crippen LogP contribution is -3.11. The van der Waals surface area contributed by atoms with E-state index in [4.69, 9.17) is 17.0 Å². The number of ether oxygens (including phenoxy) is 1. The third kappa shape index (κ3) is 4.81. The first kappa shape index (κ1) is 18.4. The van der Waals surface area contributed by atoms with Gasteiger partial charge in [-0.2, -0.15) is 0 Å². The molecular weight excluding hydrogens is 396 g/mol. The van der Waals surface area contributed by atoms with Crippen molar-refractivity contribution >= 4 is 33.1 Å². The Kier molecular flexibility index (Phi) is 6.45. The van der Waals surface area contributed by atoms with Gasteiger partial charge in [0.1, 0.15) is 16.8 Å². The SMILES string of the molecule is COc1ccc([C@@H](CNC(=S)c2cccc(Br)c2)[NH+]2CCCC2)cc1. The molecule has 0 radical (unpaired) electrons. The minimum atomic E-state index is 0.401. The Balaban J connectivity index is 1.72. The smallest absolute Gasteiger partial charge is 0.131 e. The number of halogens is 1. The summed E-state index contributed by atoms with van der Waals surface area (Å²) in [6.07, 6.45) is 2.61. The van der Waals surface area contributed by atoms with E-state index in [1.165, 1.54) is 31.5 Å². The average Bonchev–Trinajstić information content (AvgIpc) is 3.16. The summed E-state index contributed by atoms with van der Waals surface area (Å²) in [6.45, 7) is 3.29. The lowest BCUT2D eigenvalue weighted by atomic mass is 10.0. The number of hydrogen-bond acceptors (Lipinski definition) is 2. The fraction of sp³-hybridized carbons (Fsp3) is 0.350. The van der Waals surface area contributed by atoms with Crippen molar-refractivity contribution in [1.82, 2.24) is 5.32 Å². The zero-order chi connectivity index (χ0) is 17.6. The predicted molar refractivity (Wildman–Crippen MR) is 110 cm³/mol. The molecule has 0 aliphatic carbocycles. The quantitative estimate of drug-likeness (QED) is 0.703. The molecule has 1 heterocycles. The van der Waals surface area contributed by atoms with E-state index >= 15 is 0 Å². The molecule has 1 atom stereocenters. The monoisotopic (exact) mass is 419 g/mol. The highest BCUT2D eigenvalue weighted by Gasteiger charge is 2.27. The van der Waals surface area contributed by atoms with Crippen LogP contribution in [0.4, 0.5) is 0 Å². The van der Waals surface area contributed by atoms with Crippen molar-refractivity contribution in [3.05, 3.63) is 64.1 Å². The third-order valence-electron chi connectivity index (χ3n) is 4.81. The number of hydrogen-bond donors (Lipinski definition) is 2. The van der Waals surface area contributed by atoms with E-state index in [9.17, 15) is 0 Å². The third-order valence-corrected chi connectivity index (χ3v) is 5.68. The molecule has 0 saturated carbocycles. The van der Waals surface area contributed by atoms with Gasteiger partial charge in [0.2, 0.25) is 0 Å². The summed E-state index contributed by atoms with van der Waals surface area (Å²) in [5.74, 6) is 0.900. The van der Waals surface area contributed by atoms with Crippen LogP contribution in [0, 0.1) is 0 Å². The minimum absolute atomic E-state index is 0.401. The Morgan fingerprint density at radius 2 is 1.92 bits per heavy atom. The number of nitrogens with one attached hydrogen (secondary N) is 2. The Bertz CT molecular complexity index is 714. The Hall–Kier alpha value is -1.43. The Morgan fingerprint density at radius 1 is 1.20 bits per heavy atom. The first-order chi connectivity index (χ1) is 12.2. The first-order valence-corrected chi connectivity index (χ1v) is 9.90. The maximum atomic E-state index is 5.60. The van der Waals surface area contributed by atoms with E-state index in [1.54, 1.807) is 12.0 Å². The molecule has 0 spiro atoms. The molecule has 5 heteroatoms. The molecule has 1 fully saturated rings. The van der Waals surface area contributed by atoms with Crippen molar-refractivity contribution in [2.24, 2.45) is 0 Å². The van der Waals surface area contributed by atoms with E-state index < -0.39 is 0 Å². The Morgan fingerprint density at radius 3 is 2.56 bits per heavy atom. The average molecular weight is 420 g/mol. The normalized spacial score (nSPS) is 15.8. The summed E-state index contributed by atoms with van der Waals surface area (Å²) in [5, 5.41) is 3.49. The molecule has 0 unspecified atom stereocenters. The van der Waals surface area contributed by atoms with Crippen LogP contribution in [0.2, 0.25) is 0 Å². The van der Waals surface area contributed by atoms with Crippen LogP contribution in [0.25, 0.3) is 0 Å².